The molecule has 2 amide bonds. The lowest BCUT2D eigenvalue weighted by molar-refractivity contribution is -0.155. The molecule has 3 N–H and O–H groups in total. The quantitative estimate of drug-likeness (QED) is 0.470. The van der Waals surface area contributed by atoms with Gasteiger partial charge in [0.05, 0.1) is 6.04 Å². The first-order valence-electron chi connectivity index (χ1n) is 8.68. The Morgan fingerprint density at radius 3 is 2.41 bits per heavy atom. The molecule has 3 atom stereocenters. The zero-order chi connectivity index (χ0) is 20.9. The van der Waals surface area contributed by atoms with Crippen molar-refractivity contribution in [2.45, 2.75) is 55.5 Å². The highest BCUT2D eigenvalue weighted by Crippen LogP contribution is 2.26. The second-order valence-electron chi connectivity index (χ2n) is 6.93. The molecule has 1 heterocycles. The highest BCUT2D eigenvalue weighted by atomic mass is 35.6. The Balaban J connectivity index is 2.68. The lowest BCUT2D eigenvalue weighted by atomic mass is 10.0. The van der Waals surface area contributed by atoms with Crippen LogP contribution in [0, 0.1) is 5.92 Å². The first-order chi connectivity index (χ1) is 12.3. The fourth-order valence-electron chi connectivity index (χ4n) is 2.47. The molecule has 1 rings (SSSR count). The minimum Gasteiger partial charge on any atom is -0.460 e. The fourth-order valence-corrected chi connectivity index (χ4v) is 2.63. The van der Waals surface area contributed by atoms with E-state index in [0.717, 1.165) is 0 Å². The van der Waals surface area contributed by atoms with E-state index in [-0.39, 0.29) is 24.3 Å². The first-order valence-corrected chi connectivity index (χ1v) is 9.81. The van der Waals surface area contributed by atoms with Crippen LogP contribution in [-0.4, -0.2) is 69.8 Å². The van der Waals surface area contributed by atoms with Gasteiger partial charge in [-0.1, -0.05) is 48.7 Å². The molecule has 1 unspecified atom stereocenters. The molecule has 0 saturated carbocycles. The number of likely N-dealkylation sites (N-methyl/N-ethyl adjacent to an activating group) is 1. The number of hydrogen-bond acceptors (Lipinski definition) is 6. The van der Waals surface area contributed by atoms with Gasteiger partial charge in [0.1, 0.15) is 18.7 Å². The van der Waals surface area contributed by atoms with Gasteiger partial charge < -0.3 is 15.4 Å². The lowest BCUT2D eigenvalue weighted by Gasteiger charge is -2.36. The summed E-state index contributed by atoms with van der Waals surface area (Å²) in [6, 6.07) is -2.17. The van der Waals surface area contributed by atoms with Gasteiger partial charge in [0.2, 0.25) is 9.70 Å². The zero-order valence-corrected chi connectivity index (χ0v) is 18.1. The predicted molar refractivity (Wildman–Crippen MR) is 104 cm³/mol. The summed E-state index contributed by atoms with van der Waals surface area (Å²) in [6.07, 6.45) is 1.06. The number of hydrogen-bond donors (Lipinski definition) is 2. The van der Waals surface area contributed by atoms with Crippen LogP contribution in [0.1, 0.15) is 33.6 Å². The van der Waals surface area contributed by atoms with Crippen molar-refractivity contribution in [1.82, 2.24) is 15.3 Å². The molecule has 1 aliphatic heterocycles. The van der Waals surface area contributed by atoms with E-state index in [4.69, 9.17) is 45.3 Å². The molecule has 1 saturated heterocycles. The molecule has 0 aliphatic carbocycles. The molecule has 156 valence electrons. The highest BCUT2D eigenvalue weighted by molar-refractivity contribution is 6.67. The van der Waals surface area contributed by atoms with E-state index >= 15 is 0 Å². The van der Waals surface area contributed by atoms with Gasteiger partial charge in [0, 0.05) is 13.6 Å². The number of ether oxygens (including phenoxy) is 1. The molecule has 0 spiro atoms. The number of halogens is 3. The Kier molecular flexibility index (Phi) is 9.08. The number of amides is 2. The molecular formula is C16H27Cl3N4O4. The number of nitrogens with one attached hydrogen (secondary N) is 1. The molecule has 0 radical (unpaired) electrons. The summed E-state index contributed by atoms with van der Waals surface area (Å²) in [5, 5.41) is 1.32. The van der Waals surface area contributed by atoms with Crippen molar-refractivity contribution < 1.29 is 19.1 Å². The smallest absolute Gasteiger partial charge is 0.325 e. The van der Waals surface area contributed by atoms with Crippen molar-refractivity contribution in [1.29, 1.82) is 0 Å². The van der Waals surface area contributed by atoms with Crippen LogP contribution in [0.15, 0.2) is 0 Å². The summed E-state index contributed by atoms with van der Waals surface area (Å²) in [5.41, 5.74) is 8.71. The number of nitrogens with two attached hydrogens (primary N) is 1. The molecule has 0 aromatic rings. The summed E-state index contributed by atoms with van der Waals surface area (Å²) >= 11 is 16.7. The average Bonchev–Trinajstić information content (AvgIpc) is 2.62. The van der Waals surface area contributed by atoms with E-state index in [1.165, 1.54) is 17.0 Å². The molecule has 1 aliphatic rings. The third-order valence-electron chi connectivity index (χ3n) is 4.40. The normalized spacial score (nSPS) is 20.2. The molecule has 0 bridgehead atoms. The van der Waals surface area contributed by atoms with E-state index in [0.29, 0.717) is 19.4 Å². The number of carbonyl (C=O) groups excluding carboxylic acids is 3. The average molecular weight is 446 g/mol. The number of alkyl halides is 3. The van der Waals surface area contributed by atoms with Gasteiger partial charge in [-0.05, 0) is 25.7 Å². The van der Waals surface area contributed by atoms with E-state index in [2.05, 4.69) is 5.43 Å². The number of carbonyl (C=O) groups is 3. The molecule has 1 fully saturated rings. The van der Waals surface area contributed by atoms with Gasteiger partial charge in [-0.15, -0.1) is 0 Å². The van der Waals surface area contributed by atoms with Crippen LogP contribution >= 0.6 is 34.8 Å². The maximum Gasteiger partial charge on any atom is 0.325 e. The molecular weight excluding hydrogens is 419 g/mol. The molecule has 8 nitrogen and oxygen atoms in total. The minimum absolute atomic E-state index is 0.0487. The Bertz CT molecular complexity index is 556. The SMILES string of the molecule is CC(C)C(N)C(=O)N(C)[C@@H](C)C(=O)N1CCC[C@@H](C(=O)OCC(Cl)(Cl)Cl)N1. The fraction of sp³-hybridized carbons (Fsp3) is 0.812. The standard InChI is InChI=1S/C16H27Cl3N4O4/c1-9(2)12(20)14(25)22(4)10(3)13(24)23-7-5-6-11(21-23)15(26)27-8-16(17,18)19/h9-12,21H,5-8,20H2,1-4H3/t10-,11-,12?/m0/s1. The van der Waals surface area contributed by atoms with E-state index in [1.807, 2.05) is 13.8 Å². The first kappa shape index (κ1) is 24.2. The summed E-state index contributed by atoms with van der Waals surface area (Å²) < 4.78 is 3.26. The van der Waals surface area contributed by atoms with Crippen LogP contribution in [0.25, 0.3) is 0 Å². The summed E-state index contributed by atoms with van der Waals surface area (Å²) in [4.78, 5) is 38.5. The van der Waals surface area contributed by atoms with Crippen LogP contribution in [-0.2, 0) is 19.1 Å². The monoisotopic (exact) mass is 444 g/mol. The second-order valence-corrected chi connectivity index (χ2v) is 9.45. The van der Waals surface area contributed by atoms with E-state index in [9.17, 15) is 14.4 Å². The summed E-state index contributed by atoms with van der Waals surface area (Å²) in [5.74, 6) is -1.33. The summed E-state index contributed by atoms with van der Waals surface area (Å²) in [6.45, 7) is 5.30. The predicted octanol–water partition coefficient (Wildman–Crippen LogP) is 1.23. The van der Waals surface area contributed by atoms with Crippen molar-refractivity contribution in [2.75, 3.05) is 20.2 Å². The van der Waals surface area contributed by atoms with Gasteiger partial charge in [-0.3, -0.25) is 19.4 Å². The Labute approximate surface area is 174 Å². The number of hydrazine groups is 1. The maximum atomic E-state index is 12.7. The van der Waals surface area contributed by atoms with Gasteiger partial charge in [-0.2, -0.15) is 0 Å². The molecule has 11 heteroatoms. The van der Waals surface area contributed by atoms with Crippen molar-refractivity contribution in [3.05, 3.63) is 0 Å². The van der Waals surface area contributed by atoms with Crippen LogP contribution in [0.5, 0.6) is 0 Å². The Hall–Kier alpha value is -0.800. The van der Waals surface area contributed by atoms with E-state index < -0.39 is 27.9 Å². The van der Waals surface area contributed by atoms with Gasteiger partial charge in [0.15, 0.2) is 0 Å². The van der Waals surface area contributed by atoms with Crippen molar-refractivity contribution in [3.8, 4) is 0 Å². The van der Waals surface area contributed by atoms with Crippen LogP contribution in [0.3, 0.4) is 0 Å². The van der Waals surface area contributed by atoms with Crippen LogP contribution in [0.2, 0.25) is 0 Å². The lowest BCUT2D eigenvalue weighted by Crippen LogP contribution is -2.60. The third kappa shape index (κ3) is 7.27. The molecule has 27 heavy (non-hydrogen) atoms. The van der Waals surface area contributed by atoms with Crippen LogP contribution < -0.4 is 11.2 Å². The Morgan fingerprint density at radius 2 is 1.89 bits per heavy atom. The van der Waals surface area contributed by atoms with Crippen molar-refractivity contribution in [3.63, 3.8) is 0 Å². The number of nitrogens with zero attached hydrogens (tertiary/aromatic N) is 2. The molecule has 0 aromatic heterocycles. The number of esters is 1. The van der Waals surface area contributed by atoms with E-state index in [1.54, 1.807) is 6.92 Å². The maximum absolute atomic E-state index is 12.7. The number of rotatable bonds is 6. The van der Waals surface area contributed by atoms with Crippen molar-refractivity contribution in [2.24, 2.45) is 11.7 Å². The van der Waals surface area contributed by atoms with Crippen molar-refractivity contribution >= 4 is 52.6 Å². The van der Waals surface area contributed by atoms with Gasteiger partial charge >= 0.3 is 5.97 Å². The van der Waals surface area contributed by atoms with Gasteiger partial charge in [-0.25, -0.2) is 5.43 Å². The third-order valence-corrected chi connectivity index (χ3v) is 4.73. The minimum atomic E-state index is -1.70. The zero-order valence-electron chi connectivity index (χ0n) is 15.9. The largest absolute Gasteiger partial charge is 0.460 e. The summed E-state index contributed by atoms with van der Waals surface area (Å²) in [7, 11) is 1.53. The second kappa shape index (κ2) is 10.1. The topological polar surface area (TPSA) is 105 Å². The van der Waals surface area contributed by atoms with Crippen LogP contribution in [0.4, 0.5) is 0 Å². The molecule has 0 aromatic carbocycles. The van der Waals surface area contributed by atoms with Gasteiger partial charge in [0.25, 0.3) is 5.91 Å². The highest BCUT2D eigenvalue weighted by Gasteiger charge is 2.35. The Morgan fingerprint density at radius 1 is 1.30 bits per heavy atom.